The van der Waals surface area contributed by atoms with E-state index in [0.29, 0.717) is 42.2 Å². The minimum atomic E-state index is -1.42. The summed E-state index contributed by atoms with van der Waals surface area (Å²) in [6, 6.07) is 8.92. The highest BCUT2D eigenvalue weighted by atomic mass is 19.1. The number of alkyl halides is 1. The summed E-state index contributed by atoms with van der Waals surface area (Å²) >= 11 is 0. The highest BCUT2D eigenvalue weighted by Gasteiger charge is 2.37. The summed E-state index contributed by atoms with van der Waals surface area (Å²) in [5.41, 5.74) is 2.74. The molecule has 170 valence electrons. The fraction of sp³-hybridized carbons (Fsp3) is 0.458. The van der Waals surface area contributed by atoms with E-state index in [1.165, 1.54) is 6.92 Å². The number of hydrogen-bond acceptors (Lipinski definition) is 6. The molecule has 1 unspecified atom stereocenters. The molecule has 0 bridgehead atoms. The molecule has 2 atom stereocenters. The standard InChI is InChI=1S/C24H28FN3O4/c1-15(2)28-20-10-18(21(30)11-24(13-29)7-8-31-14-24)12-26-23(20)22(27-28)17-5-4-6-19(9-17)32-16(3)25/h4-6,9-10,12,15-16,29H,7-8,11,13-14H2,1-3H3/t16?,24-/m0/s1. The van der Waals surface area contributed by atoms with Gasteiger partial charge in [0.25, 0.3) is 0 Å². The zero-order valence-corrected chi connectivity index (χ0v) is 18.5. The van der Waals surface area contributed by atoms with E-state index in [2.05, 4.69) is 4.98 Å². The first-order chi connectivity index (χ1) is 15.3. The van der Waals surface area contributed by atoms with E-state index >= 15 is 0 Å². The van der Waals surface area contributed by atoms with E-state index in [-0.39, 0.29) is 24.9 Å². The molecule has 1 aliphatic rings. The number of carbonyl (C=O) groups excluding carboxylic acids is 1. The van der Waals surface area contributed by atoms with E-state index in [1.54, 1.807) is 24.4 Å². The van der Waals surface area contributed by atoms with Gasteiger partial charge >= 0.3 is 0 Å². The van der Waals surface area contributed by atoms with Crippen molar-refractivity contribution in [3.8, 4) is 17.0 Å². The summed E-state index contributed by atoms with van der Waals surface area (Å²) in [6.07, 6.45) is 1.01. The molecule has 8 heteroatoms. The van der Waals surface area contributed by atoms with Crippen LogP contribution in [0.15, 0.2) is 36.5 Å². The molecular formula is C24H28FN3O4. The van der Waals surface area contributed by atoms with Crippen molar-refractivity contribution < 1.29 is 23.8 Å². The van der Waals surface area contributed by atoms with Gasteiger partial charge in [-0.2, -0.15) is 5.10 Å². The Balaban J connectivity index is 1.72. The molecule has 0 saturated carbocycles. The van der Waals surface area contributed by atoms with Crippen molar-refractivity contribution in [3.05, 3.63) is 42.1 Å². The van der Waals surface area contributed by atoms with Gasteiger partial charge in [0.05, 0.1) is 18.7 Å². The van der Waals surface area contributed by atoms with Gasteiger partial charge in [-0.25, -0.2) is 4.39 Å². The molecule has 0 radical (unpaired) electrons. The van der Waals surface area contributed by atoms with Gasteiger partial charge in [-0.3, -0.25) is 14.5 Å². The maximum atomic E-state index is 13.3. The molecule has 7 nitrogen and oxygen atoms in total. The first-order valence-electron chi connectivity index (χ1n) is 10.8. The average Bonchev–Trinajstić information content (AvgIpc) is 3.38. The minimum Gasteiger partial charge on any atom is -0.461 e. The van der Waals surface area contributed by atoms with Crippen LogP contribution in [0.2, 0.25) is 0 Å². The van der Waals surface area contributed by atoms with Crippen LogP contribution in [0.5, 0.6) is 5.75 Å². The van der Waals surface area contributed by atoms with Crippen molar-refractivity contribution in [3.63, 3.8) is 0 Å². The lowest BCUT2D eigenvalue weighted by Crippen LogP contribution is -2.29. The Morgan fingerprint density at radius 2 is 2.16 bits per heavy atom. The second-order valence-corrected chi connectivity index (χ2v) is 8.73. The molecule has 1 aromatic carbocycles. The lowest BCUT2D eigenvalue weighted by molar-refractivity contribution is 0.0687. The van der Waals surface area contributed by atoms with E-state index in [1.807, 2.05) is 30.7 Å². The van der Waals surface area contributed by atoms with Crippen molar-refractivity contribution in [1.82, 2.24) is 14.8 Å². The largest absolute Gasteiger partial charge is 0.461 e. The maximum absolute atomic E-state index is 13.3. The third-order valence-electron chi connectivity index (χ3n) is 5.82. The number of benzene rings is 1. The Morgan fingerprint density at radius 3 is 2.81 bits per heavy atom. The number of hydrogen-bond donors (Lipinski definition) is 1. The Bertz CT molecular complexity index is 1120. The molecule has 1 aliphatic heterocycles. The predicted molar refractivity (Wildman–Crippen MR) is 118 cm³/mol. The number of nitrogens with zero attached hydrogens (tertiary/aromatic N) is 3. The van der Waals surface area contributed by atoms with Gasteiger partial charge < -0.3 is 14.6 Å². The minimum absolute atomic E-state index is 0.0377. The lowest BCUT2D eigenvalue weighted by Gasteiger charge is -2.23. The Kier molecular flexibility index (Phi) is 6.26. The Morgan fingerprint density at radius 1 is 1.34 bits per heavy atom. The SMILES string of the molecule is CC(F)Oc1cccc(-c2nn(C(C)C)c3cc(C(=O)C[C@]4(CO)CCOC4)cnc23)c1. The number of ether oxygens (including phenoxy) is 2. The van der Waals surface area contributed by atoms with Gasteiger partial charge in [0.2, 0.25) is 6.36 Å². The zero-order chi connectivity index (χ0) is 22.9. The third kappa shape index (κ3) is 4.38. The molecule has 0 spiro atoms. The second kappa shape index (κ2) is 8.96. The van der Waals surface area contributed by atoms with Crippen molar-refractivity contribution >= 4 is 16.8 Å². The highest BCUT2D eigenvalue weighted by molar-refractivity contribution is 6.00. The fourth-order valence-corrected chi connectivity index (χ4v) is 4.08. The summed E-state index contributed by atoms with van der Waals surface area (Å²) in [5.74, 6) is 0.328. The first kappa shape index (κ1) is 22.4. The van der Waals surface area contributed by atoms with E-state index < -0.39 is 11.8 Å². The number of aliphatic hydroxyl groups is 1. The van der Waals surface area contributed by atoms with E-state index in [0.717, 1.165) is 11.1 Å². The fourth-order valence-electron chi connectivity index (χ4n) is 4.08. The van der Waals surface area contributed by atoms with Crippen molar-refractivity contribution in [2.75, 3.05) is 19.8 Å². The molecule has 4 rings (SSSR count). The number of ketones is 1. The molecule has 1 N–H and O–H groups in total. The van der Waals surface area contributed by atoms with Gasteiger partial charge in [0.15, 0.2) is 5.78 Å². The molecule has 3 heterocycles. The quantitative estimate of drug-likeness (QED) is 0.523. The van der Waals surface area contributed by atoms with Gasteiger partial charge in [-0.1, -0.05) is 12.1 Å². The van der Waals surface area contributed by atoms with Crippen LogP contribution < -0.4 is 4.74 Å². The van der Waals surface area contributed by atoms with Crippen LogP contribution >= 0.6 is 0 Å². The first-order valence-corrected chi connectivity index (χ1v) is 10.8. The van der Waals surface area contributed by atoms with Gasteiger partial charge in [-0.15, -0.1) is 0 Å². The molecule has 1 saturated heterocycles. The summed E-state index contributed by atoms with van der Waals surface area (Å²) < 4.78 is 25.7. The molecule has 3 aromatic rings. The molecule has 0 amide bonds. The molecule has 1 fully saturated rings. The highest BCUT2D eigenvalue weighted by Crippen LogP contribution is 2.35. The lowest BCUT2D eigenvalue weighted by atomic mass is 9.82. The Labute approximate surface area is 186 Å². The van der Waals surface area contributed by atoms with Crippen LogP contribution in [0.4, 0.5) is 4.39 Å². The second-order valence-electron chi connectivity index (χ2n) is 8.73. The number of fused-ring (bicyclic) bond motifs is 1. The normalized spacial score (nSPS) is 19.6. The zero-order valence-electron chi connectivity index (χ0n) is 18.5. The van der Waals surface area contributed by atoms with E-state index in [9.17, 15) is 14.3 Å². The van der Waals surface area contributed by atoms with Crippen LogP contribution in [-0.2, 0) is 4.74 Å². The number of Topliss-reactive ketones (excluding diaryl/α,β-unsaturated/α-hetero) is 1. The van der Waals surface area contributed by atoms with Crippen molar-refractivity contribution in [2.45, 2.75) is 46.0 Å². The summed E-state index contributed by atoms with van der Waals surface area (Å²) in [6.45, 7) is 6.19. The van der Waals surface area contributed by atoms with Crippen LogP contribution in [0.1, 0.15) is 50.0 Å². The topological polar surface area (TPSA) is 86.5 Å². The van der Waals surface area contributed by atoms with Gasteiger partial charge in [0.1, 0.15) is 17.0 Å². The number of pyridine rings is 1. The molecular weight excluding hydrogens is 413 g/mol. The molecule has 2 aromatic heterocycles. The number of aliphatic hydroxyl groups excluding tert-OH is 1. The third-order valence-corrected chi connectivity index (χ3v) is 5.82. The van der Waals surface area contributed by atoms with Crippen LogP contribution in [-0.4, -0.2) is 51.8 Å². The summed E-state index contributed by atoms with van der Waals surface area (Å²) in [4.78, 5) is 17.6. The maximum Gasteiger partial charge on any atom is 0.235 e. The van der Waals surface area contributed by atoms with E-state index in [4.69, 9.17) is 14.6 Å². The summed E-state index contributed by atoms with van der Waals surface area (Å²) in [5, 5.41) is 14.6. The van der Waals surface area contributed by atoms with Crippen LogP contribution in [0, 0.1) is 5.41 Å². The number of halogens is 1. The smallest absolute Gasteiger partial charge is 0.235 e. The van der Waals surface area contributed by atoms with Gasteiger partial charge in [-0.05, 0) is 38.5 Å². The predicted octanol–water partition coefficient (Wildman–Crippen LogP) is 4.35. The summed E-state index contributed by atoms with van der Waals surface area (Å²) in [7, 11) is 0. The number of rotatable bonds is 8. The van der Waals surface area contributed by atoms with Crippen molar-refractivity contribution in [2.24, 2.45) is 5.41 Å². The van der Waals surface area contributed by atoms with Crippen molar-refractivity contribution in [1.29, 1.82) is 0 Å². The monoisotopic (exact) mass is 441 g/mol. The van der Waals surface area contributed by atoms with Gasteiger partial charge in [0, 0.05) is 48.7 Å². The van der Waals surface area contributed by atoms with Crippen LogP contribution in [0.25, 0.3) is 22.3 Å². The Hall–Kier alpha value is -2.84. The number of aromatic nitrogens is 3. The van der Waals surface area contributed by atoms with Crippen LogP contribution in [0.3, 0.4) is 0 Å². The molecule has 0 aliphatic carbocycles. The number of carbonyl (C=O) groups is 1. The molecule has 32 heavy (non-hydrogen) atoms. The average molecular weight is 442 g/mol.